The Morgan fingerprint density at radius 3 is 2.87 bits per heavy atom. The normalized spacial score (nSPS) is 18.4. The summed E-state index contributed by atoms with van der Waals surface area (Å²) in [5, 5.41) is 12.6. The van der Waals surface area contributed by atoms with Crippen LogP contribution in [-0.2, 0) is 14.8 Å². The maximum Gasteiger partial charge on any atom is 0.277 e. The number of hydrogen-bond acceptors (Lipinski definition) is 5. The van der Waals surface area contributed by atoms with Gasteiger partial charge < -0.3 is 10.4 Å². The van der Waals surface area contributed by atoms with Gasteiger partial charge in [-0.3, -0.25) is 9.10 Å². The van der Waals surface area contributed by atoms with Crippen molar-refractivity contribution in [3.05, 3.63) is 59.8 Å². The molecular weight excluding hydrogens is 318 g/mol. The van der Waals surface area contributed by atoms with Crippen LogP contribution in [0.4, 0.5) is 5.82 Å². The molecule has 1 aliphatic rings. The zero-order valence-corrected chi connectivity index (χ0v) is 12.6. The van der Waals surface area contributed by atoms with Gasteiger partial charge in [0, 0.05) is 18.8 Å². The van der Waals surface area contributed by atoms with Crippen molar-refractivity contribution in [1.29, 1.82) is 0 Å². The van der Waals surface area contributed by atoms with Crippen molar-refractivity contribution in [2.75, 3.05) is 12.4 Å². The van der Waals surface area contributed by atoms with Crippen LogP contribution in [0, 0.1) is 0 Å². The molecule has 0 saturated heterocycles. The number of pyridine rings is 1. The Hall–Kier alpha value is -2.87. The lowest BCUT2D eigenvalue weighted by atomic mass is 10.1. The minimum atomic E-state index is -4.09. The van der Waals surface area contributed by atoms with E-state index in [1.165, 1.54) is 24.3 Å². The highest BCUT2D eigenvalue weighted by molar-refractivity contribution is 7.89. The predicted molar refractivity (Wildman–Crippen MR) is 83.8 cm³/mol. The highest BCUT2D eigenvalue weighted by atomic mass is 32.2. The standard InChI is InChI=1S/C15H13N3O4S/c1-18-13(15(20)17-12-8-4-5-9-16-12)14(19)10-6-2-3-7-11(10)23(18,21)22/h2-9,19H,1H3,(H,16,17,20)/i4D,5D,8D,9D. The fraction of sp³-hybridized carbons (Fsp3) is 0.0667. The van der Waals surface area contributed by atoms with Gasteiger partial charge in [-0.05, 0) is 24.2 Å². The van der Waals surface area contributed by atoms with Crippen molar-refractivity contribution < 1.29 is 23.8 Å². The average molecular weight is 335 g/mol. The number of aliphatic hydroxyl groups is 1. The number of aliphatic hydroxyl groups excluding tert-OH is 1. The van der Waals surface area contributed by atoms with Crippen LogP contribution in [0.2, 0.25) is 0 Å². The largest absolute Gasteiger partial charge is 0.505 e. The van der Waals surface area contributed by atoms with Crippen LogP contribution in [0.15, 0.2) is 59.2 Å². The molecule has 0 spiro atoms. The summed E-state index contributed by atoms with van der Waals surface area (Å²) in [6.07, 6.45) is -0.625. The summed E-state index contributed by atoms with van der Waals surface area (Å²) in [6.45, 7) is 0. The summed E-state index contributed by atoms with van der Waals surface area (Å²) in [6, 6.07) is 3.82. The van der Waals surface area contributed by atoms with E-state index < -0.39 is 57.5 Å². The number of fused-ring (bicyclic) bond motifs is 1. The summed E-state index contributed by atoms with van der Waals surface area (Å²) in [7, 11) is -3.00. The average Bonchev–Trinajstić information content (AvgIpc) is 2.63. The number of aromatic nitrogens is 1. The molecule has 1 aromatic heterocycles. The van der Waals surface area contributed by atoms with E-state index >= 15 is 0 Å². The van der Waals surface area contributed by atoms with E-state index in [1.54, 1.807) is 0 Å². The number of anilines is 1. The van der Waals surface area contributed by atoms with Gasteiger partial charge in [-0.25, -0.2) is 13.4 Å². The molecule has 1 amide bonds. The molecule has 0 radical (unpaired) electrons. The second-order valence-electron chi connectivity index (χ2n) is 4.57. The molecule has 3 rings (SSSR count). The molecule has 118 valence electrons. The molecule has 2 aromatic rings. The maximum absolute atomic E-state index is 12.6. The highest BCUT2D eigenvalue weighted by Gasteiger charge is 2.37. The van der Waals surface area contributed by atoms with Gasteiger partial charge in [0.25, 0.3) is 15.9 Å². The van der Waals surface area contributed by atoms with Gasteiger partial charge >= 0.3 is 0 Å². The Morgan fingerprint density at radius 1 is 1.35 bits per heavy atom. The molecule has 0 fully saturated rings. The topological polar surface area (TPSA) is 99.6 Å². The number of rotatable bonds is 2. The molecule has 2 N–H and O–H groups in total. The minimum absolute atomic E-state index is 0.0522. The number of likely N-dealkylation sites (N-methyl/N-ethyl adjacent to an activating group) is 1. The molecular formula is C15H13N3O4S. The molecule has 0 aliphatic carbocycles. The summed E-state index contributed by atoms with van der Waals surface area (Å²) in [4.78, 5) is 16.0. The Bertz CT molecular complexity index is 1120. The predicted octanol–water partition coefficient (Wildman–Crippen LogP) is 1.58. The van der Waals surface area contributed by atoms with Crippen molar-refractivity contribution in [3.8, 4) is 0 Å². The summed E-state index contributed by atoms with van der Waals surface area (Å²) < 4.78 is 56.1. The Labute approximate surface area is 138 Å². The van der Waals surface area contributed by atoms with Crippen molar-refractivity contribution in [3.63, 3.8) is 0 Å². The number of nitrogens with one attached hydrogen (secondary N) is 1. The second-order valence-corrected chi connectivity index (χ2v) is 6.50. The number of benzene rings is 1. The summed E-state index contributed by atoms with van der Waals surface area (Å²) >= 11 is 0. The van der Waals surface area contributed by atoms with Gasteiger partial charge in [0.05, 0.1) is 10.4 Å². The first-order valence-corrected chi connectivity index (χ1v) is 7.78. The van der Waals surface area contributed by atoms with E-state index in [4.69, 9.17) is 5.48 Å². The summed E-state index contributed by atoms with van der Waals surface area (Å²) in [5.41, 5.74) is -0.647. The first-order valence-electron chi connectivity index (χ1n) is 8.34. The van der Waals surface area contributed by atoms with E-state index in [0.717, 1.165) is 7.05 Å². The van der Waals surface area contributed by atoms with Gasteiger partial charge in [-0.2, -0.15) is 0 Å². The Kier molecular flexibility index (Phi) is 2.53. The van der Waals surface area contributed by atoms with E-state index in [2.05, 4.69) is 10.3 Å². The number of sulfonamides is 1. The number of hydrogen-bond donors (Lipinski definition) is 2. The van der Waals surface area contributed by atoms with Crippen LogP contribution in [0.3, 0.4) is 0 Å². The molecule has 7 nitrogen and oxygen atoms in total. The van der Waals surface area contributed by atoms with Crippen molar-refractivity contribution in [2.45, 2.75) is 4.90 Å². The van der Waals surface area contributed by atoms with Crippen molar-refractivity contribution in [1.82, 2.24) is 9.29 Å². The van der Waals surface area contributed by atoms with Crippen LogP contribution >= 0.6 is 0 Å². The van der Waals surface area contributed by atoms with Crippen molar-refractivity contribution >= 4 is 27.5 Å². The van der Waals surface area contributed by atoms with Gasteiger partial charge in [0.2, 0.25) is 0 Å². The molecule has 8 heteroatoms. The van der Waals surface area contributed by atoms with Crippen LogP contribution in [0.25, 0.3) is 5.76 Å². The number of carbonyl (C=O) groups excluding carboxylic acids is 1. The summed E-state index contributed by atoms with van der Waals surface area (Å²) in [5.74, 6) is -2.16. The Balaban J connectivity index is 2.10. The fourth-order valence-electron chi connectivity index (χ4n) is 2.14. The number of nitrogens with zero attached hydrogens (tertiary/aromatic N) is 2. The third kappa shape index (κ3) is 2.42. The third-order valence-electron chi connectivity index (χ3n) is 3.23. The van der Waals surface area contributed by atoms with E-state index in [9.17, 15) is 18.3 Å². The number of amides is 1. The fourth-order valence-corrected chi connectivity index (χ4v) is 3.54. The monoisotopic (exact) mass is 335 g/mol. The molecule has 0 saturated carbocycles. The molecule has 2 heterocycles. The SMILES string of the molecule is [2H]c1nc(NC(=O)C2=C(O)c3ccccc3S(=O)(=O)N2C)c([2H])c([2H])c1[2H]. The van der Waals surface area contributed by atoms with Crippen molar-refractivity contribution in [2.24, 2.45) is 0 Å². The maximum atomic E-state index is 12.6. The van der Waals surface area contributed by atoms with E-state index in [-0.39, 0.29) is 10.5 Å². The van der Waals surface area contributed by atoms with Crippen LogP contribution in [0.5, 0.6) is 0 Å². The smallest absolute Gasteiger partial charge is 0.277 e. The molecule has 0 atom stereocenters. The molecule has 0 bridgehead atoms. The molecule has 1 aliphatic heterocycles. The van der Waals surface area contributed by atoms with Gasteiger partial charge in [-0.15, -0.1) is 0 Å². The first kappa shape index (κ1) is 10.8. The lowest BCUT2D eigenvalue weighted by molar-refractivity contribution is -0.113. The third-order valence-corrected chi connectivity index (χ3v) is 5.05. The quantitative estimate of drug-likeness (QED) is 0.868. The first-order chi connectivity index (χ1) is 12.6. The lowest BCUT2D eigenvalue weighted by Gasteiger charge is -2.28. The van der Waals surface area contributed by atoms with E-state index in [1.807, 2.05) is 0 Å². The number of carbonyl (C=O) groups is 1. The van der Waals surface area contributed by atoms with Crippen LogP contribution in [-0.4, -0.2) is 35.8 Å². The molecule has 0 unspecified atom stereocenters. The lowest BCUT2D eigenvalue weighted by Crippen LogP contribution is -2.37. The zero-order valence-electron chi connectivity index (χ0n) is 15.8. The van der Waals surface area contributed by atoms with Gasteiger partial charge in [-0.1, -0.05) is 18.2 Å². The highest BCUT2D eigenvalue weighted by Crippen LogP contribution is 2.34. The van der Waals surface area contributed by atoms with E-state index in [0.29, 0.717) is 4.31 Å². The van der Waals surface area contributed by atoms with Gasteiger partial charge in [0.1, 0.15) is 5.82 Å². The van der Waals surface area contributed by atoms with Crippen LogP contribution in [0.1, 0.15) is 11.0 Å². The molecule has 1 aromatic carbocycles. The second kappa shape index (κ2) is 5.40. The van der Waals surface area contributed by atoms with Gasteiger partial charge in [0.15, 0.2) is 11.5 Å². The minimum Gasteiger partial charge on any atom is -0.505 e. The molecule has 23 heavy (non-hydrogen) atoms. The zero-order chi connectivity index (χ0) is 20.1. The van der Waals surface area contributed by atoms with Crippen LogP contribution < -0.4 is 5.32 Å². The Morgan fingerprint density at radius 2 is 2.09 bits per heavy atom.